The lowest BCUT2D eigenvalue weighted by Gasteiger charge is -2.25. The normalized spacial score (nSPS) is 25.6. The number of hydrogen-bond donors (Lipinski definition) is 1. The summed E-state index contributed by atoms with van der Waals surface area (Å²) in [5, 5.41) is 3.34. The molecule has 1 aromatic heterocycles. The predicted octanol–water partition coefficient (Wildman–Crippen LogP) is 2.31. The van der Waals surface area contributed by atoms with Crippen molar-refractivity contribution < 1.29 is 0 Å². The fraction of sp³-hybridized carbons (Fsp3) is 0.750. The molecule has 0 spiro atoms. The van der Waals surface area contributed by atoms with Gasteiger partial charge in [-0.3, -0.25) is 0 Å². The van der Waals surface area contributed by atoms with Crippen molar-refractivity contribution in [1.29, 1.82) is 0 Å². The summed E-state index contributed by atoms with van der Waals surface area (Å²) < 4.78 is 2.35. The van der Waals surface area contributed by atoms with Gasteiger partial charge in [0.2, 0.25) is 0 Å². The van der Waals surface area contributed by atoms with Gasteiger partial charge in [0.15, 0.2) is 0 Å². The van der Waals surface area contributed by atoms with Crippen LogP contribution in [0.5, 0.6) is 0 Å². The van der Waals surface area contributed by atoms with Crippen LogP contribution in [0, 0.1) is 5.92 Å². The van der Waals surface area contributed by atoms with Crippen molar-refractivity contribution in [2.75, 3.05) is 7.05 Å². The third kappa shape index (κ3) is 1.81. The maximum atomic E-state index is 4.29. The molecular weight excluding hydrogens is 186 g/mol. The van der Waals surface area contributed by atoms with E-state index < -0.39 is 0 Å². The van der Waals surface area contributed by atoms with Gasteiger partial charge in [-0.2, -0.15) is 0 Å². The zero-order valence-corrected chi connectivity index (χ0v) is 10.1. The molecule has 1 saturated carbocycles. The van der Waals surface area contributed by atoms with Crippen molar-refractivity contribution in [2.24, 2.45) is 5.92 Å². The van der Waals surface area contributed by atoms with E-state index in [4.69, 9.17) is 0 Å². The van der Waals surface area contributed by atoms with Crippen LogP contribution in [0.25, 0.3) is 0 Å². The van der Waals surface area contributed by atoms with E-state index in [1.54, 1.807) is 0 Å². The zero-order valence-electron chi connectivity index (χ0n) is 10.1. The maximum Gasteiger partial charge on any atom is 0.0951 e. The van der Waals surface area contributed by atoms with Crippen LogP contribution in [0.2, 0.25) is 0 Å². The molecule has 1 heterocycles. The minimum Gasteiger partial charge on any atom is -0.330 e. The van der Waals surface area contributed by atoms with Crippen molar-refractivity contribution in [3.8, 4) is 0 Å². The van der Waals surface area contributed by atoms with E-state index in [1.807, 2.05) is 19.6 Å². The summed E-state index contributed by atoms with van der Waals surface area (Å²) in [4.78, 5) is 4.29. The van der Waals surface area contributed by atoms with E-state index in [1.165, 1.54) is 18.5 Å². The van der Waals surface area contributed by atoms with Crippen molar-refractivity contribution in [3.63, 3.8) is 0 Å². The van der Waals surface area contributed by atoms with Crippen molar-refractivity contribution in [2.45, 2.75) is 45.2 Å². The summed E-state index contributed by atoms with van der Waals surface area (Å²) in [6.45, 7) is 6.66. The Kier molecular flexibility index (Phi) is 2.59. The van der Waals surface area contributed by atoms with Gasteiger partial charge in [0, 0.05) is 6.04 Å². The largest absolute Gasteiger partial charge is 0.330 e. The molecule has 1 aliphatic carbocycles. The van der Waals surface area contributed by atoms with Crippen LogP contribution in [0.4, 0.5) is 0 Å². The molecule has 2 rings (SSSR count). The van der Waals surface area contributed by atoms with Gasteiger partial charge in [-0.1, -0.05) is 13.3 Å². The van der Waals surface area contributed by atoms with Gasteiger partial charge in [0.25, 0.3) is 0 Å². The molecule has 0 aromatic carbocycles. The molecule has 0 aliphatic heterocycles. The van der Waals surface area contributed by atoms with E-state index in [0.29, 0.717) is 6.04 Å². The fourth-order valence-corrected chi connectivity index (χ4v) is 2.19. The highest BCUT2D eigenvalue weighted by molar-refractivity contribution is 5.14. The fourth-order valence-electron chi connectivity index (χ4n) is 2.19. The van der Waals surface area contributed by atoms with Gasteiger partial charge in [0.1, 0.15) is 0 Å². The molecule has 84 valence electrons. The Bertz CT molecular complexity index is 340. The Morgan fingerprint density at radius 1 is 1.60 bits per heavy atom. The Morgan fingerprint density at radius 2 is 2.33 bits per heavy atom. The van der Waals surface area contributed by atoms with Gasteiger partial charge in [-0.25, -0.2) is 4.98 Å². The first-order valence-corrected chi connectivity index (χ1v) is 5.81. The van der Waals surface area contributed by atoms with Crippen molar-refractivity contribution in [1.82, 2.24) is 14.9 Å². The molecule has 15 heavy (non-hydrogen) atoms. The summed E-state index contributed by atoms with van der Waals surface area (Å²) in [6.07, 6.45) is 6.57. The zero-order chi connectivity index (χ0) is 11.1. The number of imidazole rings is 1. The predicted molar refractivity (Wildman–Crippen MR) is 61.7 cm³/mol. The Hall–Kier alpha value is -0.830. The molecule has 0 amide bonds. The third-order valence-electron chi connectivity index (χ3n) is 3.70. The van der Waals surface area contributed by atoms with Crippen LogP contribution >= 0.6 is 0 Å². The molecular formula is C12H21N3. The van der Waals surface area contributed by atoms with Gasteiger partial charge < -0.3 is 9.88 Å². The summed E-state index contributed by atoms with van der Waals surface area (Å²) in [7, 11) is 2.00. The van der Waals surface area contributed by atoms with Crippen molar-refractivity contribution in [3.05, 3.63) is 18.2 Å². The molecule has 0 saturated heterocycles. The summed E-state index contributed by atoms with van der Waals surface area (Å²) in [6, 6.07) is 0.695. The van der Waals surface area contributed by atoms with E-state index in [9.17, 15) is 0 Å². The molecule has 2 unspecified atom stereocenters. The highest BCUT2D eigenvalue weighted by Gasteiger charge is 2.39. The topological polar surface area (TPSA) is 29.9 Å². The standard InChI is InChI=1S/C12H21N3/c1-5-9-6-10(9)15-8-14-7-11(15)12(2,3)13-4/h7-10,13H,5-6H2,1-4H3. The first kappa shape index (κ1) is 10.7. The van der Waals surface area contributed by atoms with Gasteiger partial charge in [-0.05, 0) is 33.2 Å². The van der Waals surface area contributed by atoms with Crippen molar-refractivity contribution >= 4 is 0 Å². The number of hydrogen-bond acceptors (Lipinski definition) is 2. The van der Waals surface area contributed by atoms with Gasteiger partial charge >= 0.3 is 0 Å². The molecule has 1 N–H and O–H groups in total. The molecule has 1 aliphatic rings. The Morgan fingerprint density at radius 3 is 2.87 bits per heavy atom. The lowest BCUT2D eigenvalue weighted by Crippen LogP contribution is -2.35. The molecule has 0 radical (unpaired) electrons. The second-order valence-electron chi connectivity index (χ2n) is 5.03. The van der Waals surface area contributed by atoms with Gasteiger partial charge in [0.05, 0.1) is 23.8 Å². The monoisotopic (exact) mass is 207 g/mol. The van der Waals surface area contributed by atoms with Crippen LogP contribution in [0.15, 0.2) is 12.5 Å². The highest BCUT2D eigenvalue weighted by Crippen LogP contribution is 2.46. The maximum absolute atomic E-state index is 4.29. The van der Waals surface area contributed by atoms with Crippen LogP contribution in [-0.4, -0.2) is 16.6 Å². The molecule has 0 bridgehead atoms. The molecule has 3 nitrogen and oxygen atoms in total. The SMILES string of the molecule is CCC1CC1n1cncc1C(C)(C)NC. The second kappa shape index (κ2) is 3.63. The van der Waals surface area contributed by atoms with E-state index in [0.717, 1.165) is 5.92 Å². The van der Waals surface area contributed by atoms with Crippen LogP contribution in [-0.2, 0) is 5.54 Å². The lowest BCUT2D eigenvalue weighted by atomic mass is 10.0. The number of nitrogens with zero attached hydrogens (tertiary/aromatic N) is 2. The number of rotatable bonds is 4. The smallest absolute Gasteiger partial charge is 0.0951 e. The quantitative estimate of drug-likeness (QED) is 0.821. The lowest BCUT2D eigenvalue weighted by molar-refractivity contribution is 0.405. The van der Waals surface area contributed by atoms with E-state index in [-0.39, 0.29) is 5.54 Å². The number of nitrogens with one attached hydrogen (secondary N) is 1. The summed E-state index contributed by atoms with van der Waals surface area (Å²) in [5.41, 5.74) is 1.31. The first-order valence-electron chi connectivity index (χ1n) is 5.81. The average Bonchev–Trinajstić information content (AvgIpc) is 2.85. The van der Waals surface area contributed by atoms with Crippen LogP contribution < -0.4 is 5.32 Å². The van der Waals surface area contributed by atoms with E-state index >= 15 is 0 Å². The molecule has 1 fully saturated rings. The van der Waals surface area contributed by atoms with Gasteiger partial charge in [-0.15, -0.1) is 0 Å². The minimum atomic E-state index is 0.0113. The highest BCUT2D eigenvalue weighted by atomic mass is 15.1. The Labute approximate surface area is 91.9 Å². The van der Waals surface area contributed by atoms with E-state index in [2.05, 4.69) is 35.6 Å². The molecule has 3 heteroatoms. The van der Waals surface area contributed by atoms with Crippen LogP contribution in [0.1, 0.15) is 45.3 Å². The summed E-state index contributed by atoms with van der Waals surface area (Å²) in [5.74, 6) is 0.866. The minimum absolute atomic E-state index is 0.0113. The molecule has 1 aromatic rings. The first-order chi connectivity index (χ1) is 7.10. The number of aromatic nitrogens is 2. The van der Waals surface area contributed by atoms with Crippen LogP contribution in [0.3, 0.4) is 0 Å². The summed E-state index contributed by atoms with van der Waals surface area (Å²) >= 11 is 0. The third-order valence-corrected chi connectivity index (χ3v) is 3.70. The second-order valence-corrected chi connectivity index (χ2v) is 5.03. The molecule has 2 atom stereocenters. The average molecular weight is 207 g/mol. The Balaban J connectivity index is 2.23.